The van der Waals surface area contributed by atoms with Crippen LogP contribution in [0.5, 0.6) is 0 Å². The topological polar surface area (TPSA) is 87.1 Å². The van der Waals surface area contributed by atoms with Crippen molar-refractivity contribution in [1.82, 2.24) is 14.9 Å². The van der Waals surface area contributed by atoms with Gasteiger partial charge in [-0.15, -0.1) is 11.8 Å². The van der Waals surface area contributed by atoms with E-state index in [1.165, 1.54) is 0 Å². The molecule has 0 saturated carbocycles. The van der Waals surface area contributed by atoms with E-state index in [1.54, 1.807) is 18.0 Å². The second kappa shape index (κ2) is 7.76. The van der Waals surface area contributed by atoms with Crippen molar-refractivity contribution in [3.63, 3.8) is 0 Å². The summed E-state index contributed by atoms with van der Waals surface area (Å²) in [6.07, 6.45) is 6.33. The number of imide groups is 1. The number of hydrogen-bond acceptors (Lipinski definition) is 4. The van der Waals surface area contributed by atoms with Gasteiger partial charge in [0.2, 0.25) is 0 Å². The second-order valence-corrected chi connectivity index (χ2v) is 8.36. The van der Waals surface area contributed by atoms with Gasteiger partial charge < -0.3 is 14.7 Å². The van der Waals surface area contributed by atoms with E-state index in [1.807, 2.05) is 48.9 Å². The van der Waals surface area contributed by atoms with Crippen molar-refractivity contribution in [2.75, 3.05) is 12.9 Å². The third-order valence-corrected chi connectivity index (χ3v) is 6.43. The molecular weight excluding hydrogens is 410 g/mol. The predicted octanol–water partition coefficient (Wildman–Crippen LogP) is 3.79. The molecule has 156 valence electrons. The number of aliphatic hydroxyl groups excluding tert-OH is 1. The highest BCUT2D eigenvalue weighted by molar-refractivity contribution is 7.98. The number of carbonyl (C=O) groups is 2. The summed E-state index contributed by atoms with van der Waals surface area (Å²) in [5.41, 5.74) is 4.10. The molecule has 7 heteroatoms. The number of carbonyl (C=O) groups excluding carboxylic acids is 2. The number of aliphatic hydroxyl groups is 1. The van der Waals surface area contributed by atoms with Gasteiger partial charge in [-0.2, -0.15) is 0 Å². The van der Waals surface area contributed by atoms with Crippen LogP contribution in [0.4, 0.5) is 0 Å². The first kappa shape index (κ1) is 19.7. The minimum absolute atomic E-state index is 0.0828. The van der Waals surface area contributed by atoms with Gasteiger partial charge in [0.15, 0.2) is 0 Å². The molecule has 0 spiro atoms. The smallest absolute Gasteiger partial charge is 0.259 e. The Morgan fingerprint density at radius 2 is 1.77 bits per heavy atom. The molecule has 2 aromatic carbocycles. The Bertz CT molecular complexity index is 1380. The third-order valence-electron chi connectivity index (χ3n) is 5.71. The molecule has 31 heavy (non-hydrogen) atoms. The van der Waals surface area contributed by atoms with Crippen LogP contribution in [0.25, 0.3) is 33.0 Å². The maximum Gasteiger partial charge on any atom is 0.259 e. The van der Waals surface area contributed by atoms with Gasteiger partial charge >= 0.3 is 0 Å². The molecular formula is C24H21N3O3S. The fourth-order valence-electron chi connectivity index (χ4n) is 4.27. The van der Waals surface area contributed by atoms with E-state index in [0.29, 0.717) is 29.7 Å². The number of thioether (sulfide) groups is 1. The number of benzene rings is 2. The minimum atomic E-state index is -0.388. The average molecular weight is 432 g/mol. The van der Waals surface area contributed by atoms with Gasteiger partial charge in [0.05, 0.1) is 11.1 Å². The van der Waals surface area contributed by atoms with Crippen molar-refractivity contribution in [2.45, 2.75) is 17.9 Å². The number of aromatic amines is 1. The summed E-state index contributed by atoms with van der Waals surface area (Å²) in [4.78, 5) is 30.2. The van der Waals surface area contributed by atoms with Gasteiger partial charge in [-0.05, 0) is 30.9 Å². The van der Waals surface area contributed by atoms with Crippen molar-refractivity contribution >= 4 is 56.5 Å². The zero-order valence-corrected chi connectivity index (χ0v) is 17.8. The van der Waals surface area contributed by atoms with Crippen molar-refractivity contribution < 1.29 is 14.7 Å². The lowest BCUT2D eigenvalue weighted by Gasteiger charge is -2.04. The Hall–Kier alpha value is -3.29. The van der Waals surface area contributed by atoms with Crippen LogP contribution in [0.1, 0.15) is 17.5 Å². The van der Waals surface area contributed by atoms with Gasteiger partial charge in [-0.1, -0.05) is 24.3 Å². The quantitative estimate of drug-likeness (QED) is 0.320. The third kappa shape index (κ3) is 3.17. The summed E-state index contributed by atoms with van der Waals surface area (Å²) < 4.78 is 2.05. The van der Waals surface area contributed by atoms with Crippen LogP contribution in [0.15, 0.2) is 59.8 Å². The lowest BCUT2D eigenvalue weighted by Crippen LogP contribution is -2.22. The van der Waals surface area contributed by atoms with Gasteiger partial charge in [0.25, 0.3) is 11.8 Å². The first-order valence-electron chi connectivity index (χ1n) is 10.1. The summed E-state index contributed by atoms with van der Waals surface area (Å²) >= 11 is 1.65. The molecule has 0 fully saturated rings. The molecule has 0 radical (unpaired) electrons. The van der Waals surface area contributed by atoms with E-state index in [2.05, 4.69) is 20.9 Å². The van der Waals surface area contributed by atoms with E-state index < -0.39 is 0 Å². The Labute approximate surface area is 182 Å². The van der Waals surface area contributed by atoms with Crippen molar-refractivity contribution in [3.8, 4) is 0 Å². The number of hydrogen-bond donors (Lipinski definition) is 3. The molecule has 0 aliphatic carbocycles. The van der Waals surface area contributed by atoms with Gasteiger partial charge in [0, 0.05) is 63.4 Å². The lowest BCUT2D eigenvalue weighted by atomic mass is 9.95. The number of nitrogens with one attached hydrogen (secondary N) is 2. The molecule has 1 aliphatic rings. The molecule has 4 aromatic rings. The molecule has 3 heterocycles. The Morgan fingerprint density at radius 3 is 2.55 bits per heavy atom. The highest BCUT2D eigenvalue weighted by atomic mass is 32.2. The number of para-hydroxylation sites is 1. The van der Waals surface area contributed by atoms with Gasteiger partial charge in [-0.3, -0.25) is 14.9 Å². The molecule has 5 rings (SSSR count). The summed E-state index contributed by atoms with van der Waals surface area (Å²) in [6, 6.07) is 13.8. The molecule has 2 amide bonds. The van der Waals surface area contributed by atoms with Crippen LogP contribution in [-0.4, -0.2) is 39.3 Å². The van der Waals surface area contributed by atoms with Crippen LogP contribution in [0.2, 0.25) is 0 Å². The minimum Gasteiger partial charge on any atom is -0.396 e. The summed E-state index contributed by atoms with van der Waals surface area (Å²) in [5.74, 6) is -0.776. The average Bonchev–Trinajstić information content (AvgIpc) is 3.44. The Balaban J connectivity index is 1.79. The number of H-pyrrole nitrogens is 1. The van der Waals surface area contributed by atoms with E-state index in [9.17, 15) is 14.7 Å². The summed E-state index contributed by atoms with van der Waals surface area (Å²) in [6.45, 7) is 0.704. The van der Waals surface area contributed by atoms with Gasteiger partial charge in [-0.25, -0.2) is 0 Å². The predicted molar refractivity (Wildman–Crippen MR) is 124 cm³/mol. The highest BCUT2D eigenvalue weighted by Gasteiger charge is 2.35. The Morgan fingerprint density at radius 1 is 1.00 bits per heavy atom. The number of aryl methyl sites for hydroxylation is 1. The molecule has 0 saturated heterocycles. The lowest BCUT2D eigenvalue weighted by molar-refractivity contribution is -0.122. The zero-order valence-electron chi connectivity index (χ0n) is 16.9. The molecule has 3 N–H and O–H groups in total. The van der Waals surface area contributed by atoms with E-state index >= 15 is 0 Å². The highest BCUT2D eigenvalue weighted by Crippen LogP contribution is 2.39. The van der Waals surface area contributed by atoms with Crippen LogP contribution >= 0.6 is 11.8 Å². The van der Waals surface area contributed by atoms with E-state index in [4.69, 9.17) is 0 Å². The van der Waals surface area contributed by atoms with Crippen LogP contribution in [0, 0.1) is 0 Å². The first-order valence-corrected chi connectivity index (χ1v) is 11.3. The molecule has 0 bridgehead atoms. The molecule has 1 aliphatic heterocycles. The van der Waals surface area contributed by atoms with Crippen LogP contribution in [0.3, 0.4) is 0 Å². The standard InChI is InChI=1S/C24H21N3O3S/c1-31-14-7-8-16-18(13-27(9-4-10-28)20(16)11-14)22-21(23(29)26-24(22)30)17-12-25-19-6-3-2-5-15(17)19/h2-3,5-8,11-13,25,28H,4,9-10H2,1H3,(H,26,29,30). The van der Waals surface area contributed by atoms with Gasteiger partial charge in [0.1, 0.15) is 0 Å². The fraction of sp³-hybridized carbons (Fsp3) is 0.167. The van der Waals surface area contributed by atoms with E-state index in [0.717, 1.165) is 32.3 Å². The molecule has 0 atom stereocenters. The SMILES string of the molecule is CSc1ccc2c(C3=C(c4c[nH]c5ccccc45)C(=O)NC3=O)cn(CCCO)c2c1. The number of fused-ring (bicyclic) bond motifs is 2. The van der Waals surface area contributed by atoms with Crippen LogP contribution < -0.4 is 5.32 Å². The molecule has 2 aromatic heterocycles. The maximum atomic E-state index is 13.0. The van der Waals surface area contributed by atoms with Crippen LogP contribution in [-0.2, 0) is 16.1 Å². The number of aromatic nitrogens is 2. The number of nitrogens with zero attached hydrogens (tertiary/aromatic N) is 1. The Kier molecular flexibility index (Phi) is 4.92. The van der Waals surface area contributed by atoms with Crippen molar-refractivity contribution in [3.05, 3.63) is 66.0 Å². The van der Waals surface area contributed by atoms with Crippen molar-refractivity contribution in [1.29, 1.82) is 0 Å². The van der Waals surface area contributed by atoms with E-state index in [-0.39, 0.29) is 18.4 Å². The maximum absolute atomic E-state index is 13.0. The largest absolute Gasteiger partial charge is 0.396 e. The second-order valence-electron chi connectivity index (χ2n) is 7.48. The summed E-state index contributed by atoms with van der Waals surface area (Å²) in [7, 11) is 0. The number of rotatable bonds is 6. The normalized spacial score (nSPS) is 14.3. The number of amides is 2. The zero-order chi connectivity index (χ0) is 21.5. The molecule has 0 unspecified atom stereocenters. The first-order chi connectivity index (χ1) is 15.1. The fourth-order valence-corrected chi connectivity index (χ4v) is 4.71. The van der Waals surface area contributed by atoms with Crippen molar-refractivity contribution in [2.24, 2.45) is 0 Å². The molecule has 6 nitrogen and oxygen atoms in total. The summed E-state index contributed by atoms with van der Waals surface area (Å²) in [5, 5.41) is 13.6. The monoisotopic (exact) mass is 431 g/mol.